The van der Waals surface area contributed by atoms with Crippen molar-refractivity contribution in [2.45, 2.75) is 40.5 Å². The van der Waals surface area contributed by atoms with Gasteiger partial charge in [0.2, 0.25) is 0 Å². The highest BCUT2D eigenvalue weighted by atomic mass is 16.5. The maximum Gasteiger partial charge on any atom is 0.341 e. The molecule has 0 bridgehead atoms. The molecule has 0 saturated carbocycles. The number of esters is 1. The topological polar surface area (TPSA) is 99.2 Å². The van der Waals surface area contributed by atoms with E-state index in [-0.39, 0.29) is 11.8 Å². The van der Waals surface area contributed by atoms with E-state index in [2.05, 4.69) is 15.6 Å². The quantitative estimate of drug-likeness (QED) is 0.632. The molecule has 8 heteroatoms. The number of benzene rings is 1. The molecule has 1 aromatic carbocycles. The lowest BCUT2D eigenvalue weighted by atomic mass is 10.0. The first-order valence-electron chi connectivity index (χ1n) is 9.43. The zero-order valence-corrected chi connectivity index (χ0v) is 17.1. The molecule has 0 unspecified atom stereocenters. The number of amides is 1. The van der Waals surface area contributed by atoms with E-state index in [1.54, 1.807) is 43.7 Å². The summed E-state index contributed by atoms with van der Waals surface area (Å²) in [5, 5.41) is 11.1. The Morgan fingerprint density at radius 3 is 2.72 bits per heavy atom. The lowest BCUT2D eigenvalue weighted by molar-refractivity contribution is 0.0525. The van der Waals surface area contributed by atoms with E-state index < -0.39 is 5.97 Å². The summed E-state index contributed by atoms with van der Waals surface area (Å²) in [5.41, 5.74) is 3.36. The van der Waals surface area contributed by atoms with Crippen molar-refractivity contribution in [1.82, 2.24) is 14.9 Å². The summed E-state index contributed by atoms with van der Waals surface area (Å²) in [4.78, 5) is 24.8. The lowest BCUT2D eigenvalue weighted by Gasteiger charge is -2.10. The zero-order valence-electron chi connectivity index (χ0n) is 17.1. The number of nitrogens with one attached hydrogen (secondary N) is 1. The van der Waals surface area contributed by atoms with Crippen LogP contribution in [0.25, 0.3) is 5.69 Å². The third-order valence-electron chi connectivity index (χ3n) is 4.49. The number of aryl methyl sites for hydroxylation is 1. The van der Waals surface area contributed by atoms with E-state index in [1.165, 1.54) is 6.20 Å². The molecule has 0 aliphatic carbocycles. The Bertz CT molecular complexity index is 1050. The lowest BCUT2D eigenvalue weighted by Crippen LogP contribution is -2.15. The van der Waals surface area contributed by atoms with E-state index in [1.807, 2.05) is 19.9 Å². The summed E-state index contributed by atoms with van der Waals surface area (Å²) in [6.07, 6.45) is 1.48. The monoisotopic (exact) mass is 396 g/mol. The molecule has 0 atom stereocenters. The van der Waals surface area contributed by atoms with Crippen molar-refractivity contribution in [3.8, 4) is 5.69 Å². The van der Waals surface area contributed by atoms with E-state index in [0.717, 1.165) is 0 Å². The third kappa shape index (κ3) is 4.06. The second-order valence-electron chi connectivity index (χ2n) is 6.94. The number of ether oxygens (including phenoxy) is 1. The minimum atomic E-state index is -0.412. The number of carbonyl (C=O) groups is 2. The molecule has 0 radical (unpaired) electrons. The fraction of sp³-hybridized carbons (Fsp3) is 0.333. The fourth-order valence-electron chi connectivity index (χ4n) is 3.05. The molecule has 0 saturated heterocycles. The smallest absolute Gasteiger partial charge is 0.341 e. The summed E-state index contributed by atoms with van der Waals surface area (Å²) >= 11 is 0. The summed E-state index contributed by atoms with van der Waals surface area (Å²) in [7, 11) is 0. The van der Waals surface area contributed by atoms with Crippen LogP contribution in [0.2, 0.25) is 0 Å². The predicted octanol–water partition coefficient (Wildman–Crippen LogP) is 4.03. The molecule has 8 nitrogen and oxygen atoms in total. The number of rotatable bonds is 6. The van der Waals surface area contributed by atoms with Crippen molar-refractivity contribution in [2.75, 3.05) is 11.9 Å². The fourth-order valence-corrected chi connectivity index (χ4v) is 3.05. The maximum absolute atomic E-state index is 12.8. The first kappa shape index (κ1) is 20.3. The molecule has 0 fully saturated rings. The van der Waals surface area contributed by atoms with Crippen LogP contribution in [0.4, 0.5) is 5.69 Å². The first-order chi connectivity index (χ1) is 13.8. The summed E-state index contributed by atoms with van der Waals surface area (Å²) in [6.45, 7) is 9.47. The van der Waals surface area contributed by atoms with Gasteiger partial charge in [0.1, 0.15) is 11.1 Å². The van der Waals surface area contributed by atoms with Gasteiger partial charge in [-0.3, -0.25) is 4.79 Å². The second-order valence-corrected chi connectivity index (χ2v) is 6.94. The highest BCUT2D eigenvalue weighted by molar-refractivity contribution is 6.05. The average Bonchev–Trinajstić information content (AvgIpc) is 3.25. The molecule has 29 heavy (non-hydrogen) atoms. The van der Waals surface area contributed by atoms with Crippen LogP contribution in [0.1, 0.15) is 64.6 Å². The molecule has 0 aliphatic rings. The van der Waals surface area contributed by atoms with Gasteiger partial charge in [-0.25, -0.2) is 9.48 Å². The highest BCUT2D eigenvalue weighted by Crippen LogP contribution is 2.24. The highest BCUT2D eigenvalue weighted by Gasteiger charge is 2.23. The van der Waals surface area contributed by atoms with Gasteiger partial charge in [0, 0.05) is 11.6 Å². The standard InChI is InChI=1S/C21H24N4O4/c1-6-28-21(27)17-11-22-25(14(17)5)16-9-7-8-15(10-16)23-20(26)18-13(4)24-29-19(18)12(2)3/h7-12H,6H2,1-5H3,(H,23,26). The molecular weight excluding hydrogens is 372 g/mol. The van der Waals surface area contributed by atoms with Gasteiger partial charge in [-0.2, -0.15) is 5.10 Å². The Kier molecular flexibility index (Phi) is 5.81. The SMILES string of the molecule is CCOC(=O)c1cnn(-c2cccc(NC(=O)c3c(C)noc3C(C)C)c2)c1C. The zero-order chi connectivity index (χ0) is 21.1. The minimum Gasteiger partial charge on any atom is -0.462 e. The Hall–Kier alpha value is -3.42. The maximum atomic E-state index is 12.8. The largest absolute Gasteiger partial charge is 0.462 e. The molecule has 152 valence electrons. The Labute approximate surface area is 168 Å². The minimum absolute atomic E-state index is 0.0382. The van der Waals surface area contributed by atoms with Gasteiger partial charge in [-0.1, -0.05) is 25.1 Å². The number of hydrogen-bond donors (Lipinski definition) is 1. The van der Waals surface area contributed by atoms with E-state index in [9.17, 15) is 9.59 Å². The van der Waals surface area contributed by atoms with E-state index in [4.69, 9.17) is 9.26 Å². The van der Waals surface area contributed by atoms with E-state index >= 15 is 0 Å². The molecule has 2 aromatic heterocycles. The number of aromatic nitrogens is 3. The molecule has 0 aliphatic heterocycles. The van der Waals surface area contributed by atoms with E-state index in [0.29, 0.717) is 46.3 Å². The van der Waals surface area contributed by atoms with Crippen LogP contribution in [-0.2, 0) is 4.74 Å². The molecule has 1 N–H and O–H groups in total. The van der Waals surface area contributed by atoms with Crippen molar-refractivity contribution in [3.63, 3.8) is 0 Å². The molecular formula is C21H24N4O4. The van der Waals surface area contributed by atoms with Crippen LogP contribution in [0.3, 0.4) is 0 Å². The Morgan fingerprint density at radius 1 is 1.28 bits per heavy atom. The summed E-state index contributed by atoms with van der Waals surface area (Å²) < 4.78 is 12.0. The number of hydrogen-bond acceptors (Lipinski definition) is 6. The molecule has 1 amide bonds. The van der Waals surface area contributed by atoms with Gasteiger partial charge in [0.15, 0.2) is 5.76 Å². The van der Waals surface area contributed by atoms with Crippen LogP contribution in [0.5, 0.6) is 0 Å². The van der Waals surface area contributed by atoms with Gasteiger partial charge < -0.3 is 14.6 Å². The van der Waals surface area contributed by atoms with Crippen molar-refractivity contribution in [3.05, 3.63) is 58.7 Å². The molecule has 3 aromatic rings. The van der Waals surface area contributed by atoms with Gasteiger partial charge in [0.05, 0.1) is 29.9 Å². The summed E-state index contributed by atoms with van der Waals surface area (Å²) in [5.74, 6) is -0.103. The normalized spacial score (nSPS) is 11.0. The van der Waals surface area contributed by atoms with Gasteiger partial charge in [-0.15, -0.1) is 0 Å². The van der Waals surface area contributed by atoms with Crippen LogP contribution >= 0.6 is 0 Å². The van der Waals surface area contributed by atoms with Crippen LogP contribution < -0.4 is 5.32 Å². The van der Waals surface area contributed by atoms with Crippen LogP contribution in [0.15, 0.2) is 35.0 Å². The molecule has 2 heterocycles. The molecule has 3 rings (SSSR count). The number of anilines is 1. The van der Waals surface area contributed by atoms with Crippen molar-refractivity contribution in [1.29, 1.82) is 0 Å². The summed E-state index contributed by atoms with van der Waals surface area (Å²) in [6, 6.07) is 7.21. The Balaban J connectivity index is 1.87. The molecule has 0 spiro atoms. The van der Waals surface area contributed by atoms with Crippen molar-refractivity contribution >= 4 is 17.6 Å². The average molecular weight is 396 g/mol. The van der Waals surface area contributed by atoms with Crippen LogP contribution in [-0.4, -0.2) is 33.4 Å². The third-order valence-corrected chi connectivity index (χ3v) is 4.49. The Morgan fingerprint density at radius 2 is 2.03 bits per heavy atom. The van der Waals surface area contributed by atoms with Gasteiger partial charge in [-0.05, 0) is 39.0 Å². The predicted molar refractivity (Wildman–Crippen MR) is 108 cm³/mol. The van der Waals surface area contributed by atoms with Gasteiger partial charge >= 0.3 is 5.97 Å². The van der Waals surface area contributed by atoms with Crippen molar-refractivity contribution < 1.29 is 18.8 Å². The number of nitrogens with zero attached hydrogens (tertiary/aromatic N) is 3. The van der Waals surface area contributed by atoms with Gasteiger partial charge in [0.25, 0.3) is 5.91 Å². The number of carbonyl (C=O) groups excluding carboxylic acids is 2. The van der Waals surface area contributed by atoms with Crippen LogP contribution in [0, 0.1) is 13.8 Å². The second kappa shape index (κ2) is 8.30. The van der Waals surface area contributed by atoms with Crippen molar-refractivity contribution in [2.24, 2.45) is 0 Å². The first-order valence-corrected chi connectivity index (χ1v) is 9.43.